The van der Waals surface area contributed by atoms with Crippen LogP contribution >= 0.6 is 0 Å². The Bertz CT molecular complexity index is 1280. The van der Waals surface area contributed by atoms with Crippen molar-refractivity contribution in [2.24, 2.45) is 13.0 Å². The minimum Gasteiger partial charge on any atom is -0.477 e. The molecule has 10 heteroatoms. The van der Waals surface area contributed by atoms with Crippen molar-refractivity contribution in [3.63, 3.8) is 0 Å². The van der Waals surface area contributed by atoms with Crippen molar-refractivity contribution in [2.45, 2.75) is 58.7 Å². The molecule has 7 nitrogen and oxygen atoms in total. The summed E-state index contributed by atoms with van der Waals surface area (Å²) in [6.07, 6.45) is 3.29. The second-order valence-electron chi connectivity index (χ2n) is 9.45. The van der Waals surface area contributed by atoms with E-state index in [0.29, 0.717) is 61.2 Å². The van der Waals surface area contributed by atoms with Crippen LogP contribution in [0.4, 0.5) is 13.2 Å². The second-order valence-corrected chi connectivity index (χ2v) is 9.45. The molecular weight excluding hydrogens is 459 g/mol. The molecule has 0 saturated heterocycles. The molecule has 0 saturated carbocycles. The Morgan fingerprint density at radius 2 is 1.89 bits per heavy atom. The molecule has 1 amide bonds. The third-order valence-corrected chi connectivity index (χ3v) is 7.02. The number of amides is 1. The normalized spacial score (nSPS) is 21.5. The quantitative estimate of drug-likeness (QED) is 0.503. The SMILES string of the molecule is CCC1Cc2c(nn(C)c2-c2cc(F)c(F)c(F)c2)[C@H](CC)N1C(=O)c1cnn2c1OCC(C)C2. The van der Waals surface area contributed by atoms with Crippen LogP contribution in [0.3, 0.4) is 0 Å². The van der Waals surface area contributed by atoms with Crippen LogP contribution in [0, 0.1) is 23.4 Å². The largest absolute Gasteiger partial charge is 0.477 e. The van der Waals surface area contributed by atoms with Gasteiger partial charge in [0.15, 0.2) is 17.5 Å². The van der Waals surface area contributed by atoms with Gasteiger partial charge < -0.3 is 9.64 Å². The molecule has 2 aliphatic heterocycles. The van der Waals surface area contributed by atoms with Gasteiger partial charge in [0.2, 0.25) is 5.88 Å². The molecule has 0 radical (unpaired) electrons. The maximum absolute atomic E-state index is 14.1. The van der Waals surface area contributed by atoms with E-state index < -0.39 is 17.5 Å². The zero-order chi connectivity index (χ0) is 25.0. The lowest BCUT2D eigenvalue weighted by atomic mass is 9.87. The minimum absolute atomic E-state index is 0.170. The third-order valence-electron chi connectivity index (χ3n) is 7.02. The van der Waals surface area contributed by atoms with E-state index in [1.165, 1.54) is 0 Å². The number of halogens is 3. The van der Waals surface area contributed by atoms with Gasteiger partial charge in [-0.1, -0.05) is 20.8 Å². The molecule has 2 unspecified atom stereocenters. The summed E-state index contributed by atoms with van der Waals surface area (Å²) in [4.78, 5) is 15.7. The molecule has 1 aromatic carbocycles. The van der Waals surface area contributed by atoms with Crippen molar-refractivity contribution in [1.82, 2.24) is 24.5 Å². The molecule has 186 valence electrons. The van der Waals surface area contributed by atoms with Gasteiger partial charge in [0.05, 0.1) is 36.8 Å². The van der Waals surface area contributed by atoms with E-state index in [-0.39, 0.29) is 23.6 Å². The van der Waals surface area contributed by atoms with Crippen molar-refractivity contribution in [2.75, 3.05) is 6.61 Å². The van der Waals surface area contributed by atoms with E-state index in [0.717, 1.165) is 17.7 Å². The van der Waals surface area contributed by atoms with Crippen LogP contribution in [-0.4, -0.2) is 43.0 Å². The molecule has 2 aromatic heterocycles. The van der Waals surface area contributed by atoms with Gasteiger partial charge in [-0.15, -0.1) is 0 Å². The van der Waals surface area contributed by atoms with Crippen molar-refractivity contribution < 1.29 is 22.7 Å². The number of nitrogens with zero attached hydrogens (tertiary/aromatic N) is 5. The van der Waals surface area contributed by atoms with Crippen LogP contribution in [-0.2, 0) is 20.0 Å². The van der Waals surface area contributed by atoms with Crippen LogP contribution in [0.1, 0.15) is 61.3 Å². The lowest BCUT2D eigenvalue weighted by Gasteiger charge is -2.41. The molecule has 35 heavy (non-hydrogen) atoms. The highest BCUT2D eigenvalue weighted by molar-refractivity contribution is 5.97. The number of hydrogen-bond donors (Lipinski definition) is 0. The second kappa shape index (κ2) is 8.73. The minimum atomic E-state index is -1.50. The van der Waals surface area contributed by atoms with Gasteiger partial charge >= 0.3 is 0 Å². The summed E-state index contributed by atoms with van der Waals surface area (Å²) >= 11 is 0. The third kappa shape index (κ3) is 3.70. The molecule has 4 heterocycles. The van der Waals surface area contributed by atoms with E-state index in [2.05, 4.69) is 17.1 Å². The van der Waals surface area contributed by atoms with E-state index in [4.69, 9.17) is 4.74 Å². The Morgan fingerprint density at radius 1 is 1.17 bits per heavy atom. The Morgan fingerprint density at radius 3 is 2.54 bits per heavy atom. The fourth-order valence-electron chi connectivity index (χ4n) is 5.38. The van der Waals surface area contributed by atoms with Crippen molar-refractivity contribution >= 4 is 5.91 Å². The van der Waals surface area contributed by atoms with Gasteiger partial charge in [-0.3, -0.25) is 9.48 Å². The topological polar surface area (TPSA) is 65.2 Å². The molecule has 0 fully saturated rings. The number of ether oxygens (including phenoxy) is 1. The summed E-state index contributed by atoms with van der Waals surface area (Å²) in [7, 11) is 1.69. The number of carbonyl (C=O) groups excluding carboxylic acids is 1. The van der Waals surface area contributed by atoms with Crippen LogP contribution < -0.4 is 4.74 Å². The Kier molecular flexibility index (Phi) is 5.85. The number of benzene rings is 1. The first kappa shape index (κ1) is 23.4. The number of fused-ring (bicyclic) bond motifs is 2. The first-order chi connectivity index (χ1) is 16.7. The summed E-state index contributed by atoms with van der Waals surface area (Å²) in [5.41, 5.74) is 2.68. The van der Waals surface area contributed by atoms with Gasteiger partial charge in [0.25, 0.3) is 5.91 Å². The summed E-state index contributed by atoms with van der Waals surface area (Å²) in [6, 6.07) is 1.47. The Hall–Kier alpha value is -3.30. The molecule has 2 aliphatic rings. The Labute approximate surface area is 201 Å². The molecule has 0 spiro atoms. The standard InChI is InChI=1S/C25H28F3N5O2/c1-5-15-9-16-22(30-31(4)23(16)14-7-18(26)21(28)19(27)8-14)20(6-2)33(15)24(34)17-10-29-32-11-13(3)12-35-25(17)32/h7-8,10,13,15,20H,5-6,9,11-12H2,1-4H3/t13?,15?,20-/m0/s1. The summed E-state index contributed by atoms with van der Waals surface area (Å²) in [6.45, 7) is 7.26. The van der Waals surface area contributed by atoms with Crippen LogP contribution in [0.15, 0.2) is 18.3 Å². The highest BCUT2D eigenvalue weighted by Crippen LogP contribution is 2.42. The smallest absolute Gasteiger partial charge is 0.261 e. The molecule has 5 rings (SSSR count). The highest BCUT2D eigenvalue weighted by Gasteiger charge is 2.41. The van der Waals surface area contributed by atoms with E-state index >= 15 is 0 Å². The van der Waals surface area contributed by atoms with E-state index in [9.17, 15) is 18.0 Å². The van der Waals surface area contributed by atoms with Crippen molar-refractivity contribution in [3.05, 3.63) is 52.6 Å². The highest BCUT2D eigenvalue weighted by atomic mass is 19.2. The van der Waals surface area contributed by atoms with Crippen molar-refractivity contribution in [3.8, 4) is 17.1 Å². The average molecular weight is 488 g/mol. The van der Waals surface area contributed by atoms with Gasteiger partial charge in [0, 0.05) is 30.1 Å². The van der Waals surface area contributed by atoms with Crippen molar-refractivity contribution in [1.29, 1.82) is 0 Å². The van der Waals surface area contributed by atoms with Crippen LogP contribution in [0.25, 0.3) is 11.3 Å². The molecule has 0 aliphatic carbocycles. The van der Waals surface area contributed by atoms with Crippen LogP contribution in [0.2, 0.25) is 0 Å². The molecule has 3 aromatic rings. The molecule has 0 bridgehead atoms. The number of aryl methyl sites for hydroxylation is 1. The van der Waals surface area contributed by atoms with Gasteiger partial charge in [-0.25, -0.2) is 17.9 Å². The maximum Gasteiger partial charge on any atom is 0.261 e. The van der Waals surface area contributed by atoms with Gasteiger partial charge in [-0.2, -0.15) is 10.2 Å². The number of rotatable bonds is 4. The van der Waals surface area contributed by atoms with E-state index in [1.807, 2.05) is 18.7 Å². The predicted molar refractivity (Wildman–Crippen MR) is 122 cm³/mol. The maximum atomic E-state index is 14.1. The van der Waals surface area contributed by atoms with Crippen LogP contribution in [0.5, 0.6) is 5.88 Å². The summed E-state index contributed by atoms with van der Waals surface area (Å²) in [5, 5.41) is 9.05. The van der Waals surface area contributed by atoms with Gasteiger partial charge in [-0.05, 0) is 31.4 Å². The zero-order valence-corrected chi connectivity index (χ0v) is 20.2. The predicted octanol–water partition coefficient (Wildman–Crippen LogP) is 4.66. The first-order valence-corrected chi connectivity index (χ1v) is 12.0. The zero-order valence-electron chi connectivity index (χ0n) is 20.2. The monoisotopic (exact) mass is 487 g/mol. The molecule has 0 N–H and O–H groups in total. The van der Waals surface area contributed by atoms with Gasteiger partial charge in [0.1, 0.15) is 5.56 Å². The number of carbonyl (C=O) groups is 1. The number of hydrogen-bond acceptors (Lipinski definition) is 4. The summed E-state index contributed by atoms with van der Waals surface area (Å²) < 4.78 is 50.9. The lowest BCUT2D eigenvalue weighted by molar-refractivity contribution is 0.0504. The Balaban J connectivity index is 1.58. The first-order valence-electron chi connectivity index (χ1n) is 12.0. The summed E-state index contributed by atoms with van der Waals surface area (Å²) in [5.74, 6) is -3.37. The molecule has 3 atom stereocenters. The lowest BCUT2D eigenvalue weighted by Crippen LogP contribution is -2.47. The number of aromatic nitrogens is 4. The fourth-order valence-corrected chi connectivity index (χ4v) is 5.38. The fraction of sp³-hybridized carbons (Fsp3) is 0.480. The average Bonchev–Trinajstić information content (AvgIpc) is 3.40. The molecular formula is C25H28F3N5O2. The van der Waals surface area contributed by atoms with E-state index in [1.54, 1.807) is 22.6 Å².